The van der Waals surface area contributed by atoms with Gasteiger partial charge in [0.1, 0.15) is 0 Å². The van der Waals surface area contributed by atoms with E-state index in [0.717, 1.165) is 18.5 Å². The lowest BCUT2D eigenvalue weighted by atomic mass is 10.0. The predicted molar refractivity (Wildman–Crippen MR) is 57.7 cm³/mol. The minimum Gasteiger partial charge on any atom is -0.388 e. The summed E-state index contributed by atoms with van der Waals surface area (Å²) < 4.78 is 0. The summed E-state index contributed by atoms with van der Waals surface area (Å²) in [6.45, 7) is 0.908. The summed E-state index contributed by atoms with van der Waals surface area (Å²) in [5.74, 6) is 0.419. The Morgan fingerprint density at radius 2 is 2.29 bits per heavy atom. The van der Waals surface area contributed by atoms with Crippen molar-refractivity contribution >= 4 is 11.6 Å². The highest BCUT2D eigenvalue weighted by molar-refractivity contribution is 6.30. The molecule has 0 spiro atoms. The molecule has 2 N–H and O–H groups in total. The molecule has 0 saturated heterocycles. The van der Waals surface area contributed by atoms with Gasteiger partial charge in [-0.05, 0) is 42.6 Å². The first kappa shape index (κ1) is 9.97. The van der Waals surface area contributed by atoms with Crippen LogP contribution in [0.4, 0.5) is 0 Å². The standard InChI is InChI=1S/C11H14ClNO/c1-13-6-7-4-11(14)10-5-8(12)2-3-9(7)10/h2-3,5,7,11,13-14H,4,6H2,1H3. The van der Waals surface area contributed by atoms with E-state index in [1.165, 1.54) is 5.56 Å². The number of benzene rings is 1. The number of rotatable bonds is 2. The zero-order valence-corrected chi connectivity index (χ0v) is 8.88. The zero-order valence-electron chi connectivity index (χ0n) is 8.13. The van der Waals surface area contributed by atoms with Gasteiger partial charge in [0, 0.05) is 11.6 Å². The molecule has 0 radical (unpaired) electrons. The van der Waals surface area contributed by atoms with Crippen LogP contribution in [0, 0.1) is 0 Å². The van der Waals surface area contributed by atoms with E-state index in [4.69, 9.17) is 11.6 Å². The fraction of sp³-hybridized carbons (Fsp3) is 0.455. The molecule has 1 aliphatic carbocycles. The summed E-state index contributed by atoms with van der Waals surface area (Å²) in [5, 5.41) is 13.7. The van der Waals surface area contributed by atoms with Crippen LogP contribution in [-0.4, -0.2) is 18.7 Å². The molecule has 1 aliphatic rings. The van der Waals surface area contributed by atoms with Gasteiger partial charge in [0.2, 0.25) is 0 Å². The van der Waals surface area contributed by atoms with Crippen molar-refractivity contribution in [1.29, 1.82) is 0 Å². The number of halogens is 1. The van der Waals surface area contributed by atoms with Gasteiger partial charge in [0.05, 0.1) is 6.10 Å². The molecule has 2 rings (SSSR count). The second-order valence-electron chi connectivity index (χ2n) is 3.78. The predicted octanol–water partition coefficient (Wildman–Crippen LogP) is 2.08. The van der Waals surface area contributed by atoms with Gasteiger partial charge in [-0.15, -0.1) is 0 Å². The monoisotopic (exact) mass is 211 g/mol. The number of nitrogens with one attached hydrogen (secondary N) is 1. The van der Waals surface area contributed by atoms with Crippen molar-refractivity contribution in [1.82, 2.24) is 5.32 Å². The van der Waals surface area contributed by atoms with Crippen LogP contribution >= 0.6 is 11.6 Å². The SMILES string of the molecule is CNCC1CC(O)c2cc(Cl)ccc21. The lowest BCUT2D eigenvalue weighted by molar-refractivity contribution is 0.173. The molecule has 0 aromatic heterocycles. The number of aliphatic hydroxyl groups excluding tert-OH is 1. The number of hydrogen-bond acceptors (Lipinski definition) is 2. The van der Waals surface area contributed by atoms with Crippen LogP contribution in [0.25, 0.3) is 0 Å². The van der Waals surface area contributed by atoms with Crippen LogP contribution in [-0.2, 0) is 0 Å². The van der Waals surface area contributed by atoms with E-state index in [9.17, 15) is 5.11 Å². The normalized spacial score (nSPS) is 25.1. The minimum atomic E-state index is -0.345. The topological polar surface area (TPSA) is 32.3 Å². The van der Waals surface area contributed by atoms with E-state index in [0.29, 0.717) is 10.9 Å². The van der Waals surface area contributed by atoms with Gasteiger partial charge in [-0.3, -0.25) is 0 Å². The van der Waals surface area contributed by atoms with Crippen molar-refractivity contribution in [3.05, 3.63) is 34.3 Å². The molecule has 2 atom stereocenters. The fourth-order valence-electron chi connectivity index (χ4n) is 2.17. The maximum atomic E-state index is 9.82. The van der Waals surface area contributed by atoms with Gasteiger partial charge in [0.25, 0.3) is 0 Å². The first-order valence-corrected chi connectivity index (χ1v) is 5.22. The van der Waals surface area contributed by atoms with Crippen molar-refractivity contribution in [3.8, 4) is 0 Å². The number of fused-ring (bicyclic) bond motifs is 1. The molecule has 1 aromatic rings. The summed E-state index contributed by atoms with van der Waals surface area (Å²) in [6, 6.07) is 5.79. The Morgan fingerprint density at radius 1 is 1.50 bits per heavy atom. The number of aliphatic hydroxyl groups is 1. The minimum absolute atomic E-state index is 0.345. The summed E-state index contributed by atoms with van der Waals surface area (Å²) in [5.41, 5.74) is 2.23. The summed E-state index contributed by atoms with van der Waals surface area (Å²) in [6.07, 6.45) is 0.457. The third-order valence-electron chi connectivity index (χ3n) is 2.81. The maximum absolute atomic E-state index is 9.82. The van der Waals surface area contributed by atoms with Crippen LogP contribution < -0.4 is 5.32 Å². The second kappa shape index (κ2) is 3.89. The molecule has 14 heavy (non-hydrogen) atoms. The third kappa shape index (κ3) is 1.65. The molecule has 3 heteroatoms. The number of likely N-dealkylation sites (N-methyl/N-ethyl adjacent to an activating group) is 1. The summed E-state index contributed by atoms with van der Waals surface area (Å²) >= 11 is 5.89. The highest BCUT2D eigenvalue weighted by Gasteiger charge is 2.28. The largest absolute Gasteiger partial charge is 0.388 e. The highest BCUT2D eigenvalue weighted by atomic mass is 35.5. The lowest BCUT2D eigenvalue weighted by Crippen LogP contribution is -2.15. The van der Waals surface area contributed by atoms with Gasteiger partial charge in [-0.2, -0.15) is 0 Å². The van der Waals surface area contributed by atoms with Crippen molar-refractivity contribution < 1.29 is 5.11 Å². The molecule has 0 amide bonds. The van der Waals surface area contributed by atoms with E-state index in [1.54, 1.807) is 0 Å². The molecule has 2 unspecified atom stereocenters. The smallest absolute Gasteiger partial charge is 0.0799 e. The van der Waals surface area contributed by atoms with Crippen molar-refractivity contribution in [2.24, 2.45) is 0 Å². The maximum Gasteiger partial charge on any atom is 0.0799 e. The Labute approximate surface area is 88.9 Å². The Bertz CT molecular complexity index is 340. The van der Waals surface area contributed by atoms with E-state index in [2.05, 4.69) is 5.32 Å². The van der Waals surface area contributed by atoms with Gasteiger partial charge in [-0.25, -0.2) is 0 Å². The van der Waals surface area contributed by atoms with Crippen molar-refractivity contribution in [2.45, 2.75) is 18.4 Å². The molecule has 2 nitrogen and oxygen atoms in total. The molecule has 76 valence electrons. The summed E-state index contributed by atoms with van der Waals surface area (Å²) in [7, 11) is 1.93. The average Bonchev–Trinajstić information content (AvgIpc) is 2.44. The van der Waals surface area contributed by atoms with Gasteiger partial charge in [-0.1, -0.05) is 17.7 Å². The van der Waals surface area contributed by atoms with Gasteiger partial charge < -0.3 is 10.4 Å². The lowest BCUT2D eigenvalue weighted by Gasteiger charge is -2.09. The van der Waals surface area contributed by atoms with Gasteiger partial charge >= 0.3 is 0 Å². The third-order valence-corrected chi connectivity index (χ3v) is 3.04. The second-order valence-corrected chi connectivity index (χ2v) is 4.22. The Morgan fingerprint density at radius 3 is 3.00 bits per heavy atom. The highest BCUT2D eigenvalue weighted by Crippen LogP contribution is 2.40. The van der Waals surface area contributed by atoms with Gasteiger partial charge in [0.15, 0.2) is 0 Å². The molecule has 0 heterocycles. The molecular weight excluding hydrogens is 198 g/mol. The molecule has 0 fully saturated rings. The molecule has 0 bridgehead atoms. The first-order chi connectivity index (χ1) is 6.72. The van der Waals surface area contributed by atoms with E-state index >= 15 is 0 Å². The van der Waals surface area contributed by atoms with Crippen molar-refractivity contribution in [3.63, 3.8) is 0 Å². The van der Waals surface area contributed by atoms with Crippen LogP contribution in [0.15, 0.2) is 18.2 Å². The quantitative estimate of drug-likeness (QED) is 0.785. The van der Waals surface area contributed by atoms with Crippen LogP contribution in [0.3, 0.4) is 0 Å². The van der Waals surface area contributed by atoms with E-state index < -0.39 is 0 Å². The molecule has 0 aliphatic heterocycles. The average molecular weight is 212 g/mol. The van der Waals surface area contributed by atoms with Crippen molar-refractivity contribution in [2.75, 3.05) is 13.6 Å². The first-order valence-electron chi connectivity index (χ1n) is 4.84. The fourth-order valence-corrected chi connectivity index (χ4v) is 2.35. The Hall–Kier alpha value is -0.570. The van der Waals surface area contributed by atoms with E-state index in [-0.39, 0.29) is 6.10 Å². The summed E-state index contributed by atoms with van der Waals surface area (Å²) in [4.78, 5) is 0. The molecular formula is C11H14ClNO. The number of hydrogen-bond donors (Lipinski definition) is 2. The van der Waals surface area contributed by atoms with E-state index in [1.807, 2.05) is 25.2 Å². The zero-order chi connectivity index (χ0) is 10.1. The molecule has 1 aromatic carbocycles. The molecule has 0 saturated carbocycles. The van der Waals surface area contributed by atoms with Crippen LogP contribution in [0.1, 0.15) is 29.6 Å². The Kier molecular flexibility index (Phi) is 2.77. The van der Waals surface area contributed by atoms with Crippen LogP contribution in [0.5, 0.6) is 0 Å². The Balaban J connectivity index is 2.34. The van der Waals surface area contributed by atoms with Crippen LogP contribution in [0.2, 0.25) is 5.02 Å².